The molecule has 206 valence electrons. The molecule has 1 saturated heterocycles. The first-order chi connectivity index (χ1) is 17.8. The van der Waals surface area contributed by atoms with Crippen molar-refractivity contribution in [3.8, 4) is 5.75 Å². The molecule has 0 saturated carbocycles. The molecule has 0 aromatic heterocycles. The first-order valence-corrected chi connectivity index (χ1v) is 13.8. The van der Waals surface area contributed by atoms with E-state index in [-0.39, 0.29) is 18.6 Å². The number of nitrogens with zero attached hydrogens (tertiary/aromatic N) is 3. The van der Waals surface area contributed by atoms with Crippen LogP contribution in [0.5, 0.6) is 5.75 Å². The molecule has 37 heavy (non-hydrogen) atoms. The third-order valence-corrected chi connectivity index (χ3v) is 7.62. The molecular formula is C29H46N4O4. The average molecular weight is 515 g/mol. The van der Waals surface area contributed by atoms with Gasteiger partial charge in [-0.2, -0.15) is 0 Å². The molecule has 0 spiro atoms. The molecule has 1 aromatic rings. The number of aliphatic hydroxyl groups is 1. The Kier molecular flexibility index (Phi) is 11.3. The highest BCUT2D eigenvalue weighted by atomic mass is 16.6. The summed E-state index contributed by atoms with van der Waals surface area (Å²) in [5.74, 6) is 3.48. The van der Waals surface area contributed by atoms with Crippen LogP contribution < -0.4 is 10.1 Å². The summed E-state index contributed by atoms with van der Waals surface area (Å²) < 4.78 is 5.98. The molecule has 2 aliphatic rings. The lowest BCUT2D eigenvalue weighted by atomic mass is 9.92. The quantitative estimate of drug-likeness (QED) is 0.428. The van der Waals surface area contributed by atoms with E-state index in [1.165, 1.54) is 18.4 Å². The number of rotatable bonds is 11. The standard InChI is InChI=1S/C29H46N4O4/c1-21-9-12-27(31-37-28(21)23(3)32(4)5)33-16-13-24(14-17-33)8-6-19-36-25-10-11-26(22(2)20-25)29(35)30-15-7-18-34/h10-11,20,23-24,34H,6-9,12-19H2,1-5H3,(H,30,35). The van der Waals surface area contributed by atoms with E-state index in [1.807, 2.05) is 25.1 Å². The Labute approximate surface area is 222 Å². The van der Waals surface area contributed by atoms with Crippen molar-refractivity contribution in [3.63, 3.8) is 0 Å². The van der Waals surface area contributed by atoms with Gasteiger partial charge in [0, 0.05) is 38.2 Å². The Morgan fingerprint density at radius 1 is 1.24 bits per heavy atom. The van der Waals surface area contributed by atoms with Crippen LogP contribution >= 0.6 is 0 Å². The zero-order valence-electron chi connectivity index (χ0n) is 23.4. The molecule has 1 amide bonds. The maximum atomic E-state index is 12.3. The monoisotopic (exact) mass is 514 g/mol. The number of piperidine rings is 1. The average Bonchev–Trinajstić information content (AvgIpc) is 3.08. The van der Waals surface area contributed by atoms with Gasteiger partial charge >= 0.3 is 0 Å². The van der Waals surface area contributed by atoms with Gasteiger partial charge in [0.25, 0.3) is 5.91 Å². The van der Waals surface area contributed by atoms with E-state index in [0.717, 1.165) is 61.7 Å². The Bertz CT molecular complexity index is 951. The fourth-order valence-corrected chi connectivity index (χ4v) is 4.93. The summed E-state index contributed by atoms with van der Waals surface area (Å²) in [6, 6.07) is 5.83. The van der Waals surface area contributed by atoms with Crippen LogP contribution in [-0.4, -0.2) is 79.6 Å². The normalized spacial score (nSPS) is 17.8. The van der Waals surface area contributed by atoms with Crippen LogP contribution in [0, 0.1) is 12.8 Å². The second-order valence-corrected chi connectivity index (χ2v) is 10.6. The molecule has 1 unspecified atom stereocenters. The predicted octanol–water partition coefficient (Wildman–Crippen LogP) is 4.33. The number of likely N-dealkylation sites (tertiary alicyclic amines) is 1. The molecule has 2 aliphatic heterocycles. The summed E-state index contributed by atoms with van der Waals surface area (Å²) >= 11 is 0. The predicted molar refractivity (Wildman–Crippen MR) is 148 cm³/mol. The van der Waals surface area contributed by atoms with Crippen LogP contribution in [0.15, 0.2) is 34.7 Å². The minimum Gasteiger partial charge on any atom is -0.494 e. The van der Waals surface area contributed by atoms with E-state index in [9.17, 15) is 4.79 Å². The summed E-state index contributed by atoms with van der Waals surface area (Å²) in [4.78, 5) is 22.8. The summed E-state index contributed by atoms with van der Waals surface area (Å²) in [6.45, 7) is 9.54. The third kappa shape index (κ3) is 8.47. The highest BCUT2D eigenvalue weighted by molar-refractivity contribution is 5.95. The highest BCUT2D eigenvalue weighted by Crippen LogP contribution is 2.27. The van der Waals surface area contributed by atoms with Gasteiger partial charge in [0.05, 0.1) is 12.6 Å². The van der Waals surface area contributed by atoms with Crippen molar-refractivity contribution in [1.29, 1.82) is 0 Å². The van der Waals surface area contributed by atoms with Gasteiger partial charge in [-0.05, 0) is 109 Å². The Hall–Kier alpha value is -2.58. The first-order valence-electron chi connectivity index (χ1n) is 13.8. The van der Waals surface area contributed by atoms with Gasteiger partial charge in [0.2, 0.25) is 0 Å². The molecule has 0 radical (unpaired) electrons. The fraction of sp³-hybridized carbons (Fsp3) is 0.655. The SMILES string of the molecule is CC1=C(C(C)N(C)C)ON=C(N2CCC(CCCOc3ccc(C(=O)NCCCO)c(C)c3)CC2)CC1. The molecule has 1 aromatic carbocycles. The van der Waals surface area contributed by atoms with E-state index in [2.05, 4.69) is 48.2 Å². The molecule has 8 heteroatoms. The number of allylic oxidation sites excluding steroid dienone is 1. The number of benzene rings is 1. The second kappa shape index (κ2) is 14.4. The zero-order chi connectivity index (χ0) is 26.8. The summed E-state index contributed by atoms with van der Waals surface area (Å²) in [7, 11) is 4.14. The Balaban J connectivity index is 1.37. The highest BCUT2D eigenvalue weighted by Gasteiger charge is 2.25. The minimum absolute atomic E-state index is 0.0737. The van der Waals surface area contributed by atoms with Crippen molar-refractivity contribution in [1.82, 2.24) is 15.1 Å². The van der Waals surface area contributed by atoms with E-state index in [0.29, 0.717) is 31.1 Å². The van der Waals surface area contributed by atoms with E-state index in [1.54, 1.807) is 0 Å². The van der Waals surface area contributed by atoms with Gasteiger partial charge in [-0.25, -0.2) is 0 Å². The molecular weight excluding hydrogens is 468 g/mol. The number of aryl methyl sites for hydroxylation is 1. The van der Waals surface area contributed by atoms with E-state index < -0.39 is 0 Å². The van der Waals surface area contributed by atoms with Gasteiger partial charge in [0.15, 0.2) is 5.76 Å². The summed E-state index contributed by atoms with van der Waals surface area (Å²) in [5, 5.41) is 16.3. The summed E-state index contributed by atoms with van der Waals surface area (Å²) in [5.41, 5.74) is 2.83. The van der Waals surface area contributed by atoms with Crippen LogP contribution in [0.3, 0.4) is 0 Å². The molecule has 0 aliphatic carbocycles. The number of ether oxygens (including phenoxy) is 1. The number of amidine groups is 1. The number of carbonyl (C=O) groups excluding carboxylic acids is 1. The van der Waals surface area contributed by atoms with Gasteiger partial charge < -0.3 is 24.9 Å². The van der Waals surface area contributed by atoms with Gasteiger partial charge in [-0.3, -0.25) is 9.69 Å². The first kappa shape index (κ1) is 29.0. The Morgan fingerprint density at radius 3 is 2.68 bits per heavy atom. The van der Waals surface area contributed by atoms with Crippen molar-refractivity contribution in [2.45, 2.75) is 71.8 Å². The maximum absolute atomic E-state index is 12.3. The van der Waals surface area contributed by atoms with Gasteiger partial charge in [-0.1, -0.05) is 5.16 Å². The van der Waals surface area contributed by atoms with Gasteiger partial charge in [0.1, 0.15) is 11.6 Å². The van der Waals surface area contributed by atoms with Crippen molar-refractivity contribution in [2.24, 2.45) is 11.1 Å². The molecule has 2 N–H and O–H groups in total. The van der Waals surface area contributed by atoms with Crippen LogP contribution in [0.2, 0.25) is 0 Å². The number of carbonyl (C=O) groups is 1. The summed E-state index contributed by atoms with van der Waals surface area (Å²) in [6.07, 6.45) is 7.02. The van der Waals surface area contributed by atoms with E-state index >= 15 is 0 Å². The van der Waals surface area contributed by atoms with Crippen molar-refractivity contribution < 1.29 is 19.5 Å². The Morgan fingerprint density at radius 2 is 2.00 bits per heavy atom. The van der Waals surface area contributed by atoms with Crippen LogP contribution in [0.25, 0.3) is 0 Å². The third-order valence-electron chi connectivity index (χ3n) is 7.62. The number of amides is 1. The van der Waals surface area contributed by atoms with Crippen LogP contribution in [-0.2, 0) is 4.84 Å². The smallest absolute Gasteiger partial charge is 0.251 e. The molecule has 0 bridgehead atoms. The topological polar surface area (TPSA) is 86.6 Å². The van der Waals surface area contributed by atoms with Crippen molar-refractivity contribution in [2.75, 3.05) is 46.9 Å². The maximum Gasteiger partial charge on any atom is 0.251 e. The number of hydrogen-bond acceptors (Lipinski definition) is 7. The minimum atomic E-state index is -0.111. The lowest BCUT2D eigenvalue weighted by Gasteiger charge is -2.33. The lowest BCUT2D eigenvalue weighted by Crippen LogP contribution is -2.38. The molecule has 1 fully saturated rings. The fourth-order valence-electron chi connectivity index (χ4n) is 4.93. The molecule has 2 heterocycles. The van der Waals surface area contributed by atoms with Crippen LogP contribution in [0.4, 0.5) is 0 Å². The number of likely N-dealkylation sites (N-methyl/N-ethyl adjacent to an activating group) is 1. The van der Waals surface area contributed by atoms with Crippen molar-refractivity contribution in [3.05, 3.63) is 40.7 Å². The number of hydrogen-bond donors (Lipinski definition) is 2. The lowest BCUT2D eigenvalue weighted by molar-refractivity contribution is 0.0950. The number of nitrogens with one attached hydrogen (secondary N) is 1. The largest absolute Gasteiger partial charge is 0.494 e. The second-order valence-electron chi connectivity index (χ2n) is 10.6. The number of aliphatic hydroxyl groups excluding tert-OH is 1. The molecule has 8 nitrogen and oxygen atoms in total. The van der Waals surface area contributed by atoms with E-state index in [4.69, 9.17) is 14.7 Å². The molecule has 3 rings (SSSR count). The van der Waals surface area contributed by atoms with Crippen LogP contribution in [0.1, 0.15) is 74.7 Å². The molecule has 1 atom stereocenters. The zero-order valence-corrected chi connectivity index (χ0v) is 23.4. The number of oxime groups is 1. The van der Waals surface area contributed by atoms with Gasteiger partial charge in [-0.15, -0.1) is 0 Å². The van der Waals surface area contributed by atoms with Crippen molar-refractivity contribution >= 4 is 11.7 Å².